The highest BCUT2D eigenvalue weighted by molar-refractivity contribution is 7.53. The van der Waals surface area contributed by atoms with E-state index in [1.807, 2.05) is 0 Å². The summed E-state index contributed by atoms with van der Waals surface area (Å²) in [6.45, 7) is 1.48. The van der Waals surface area contributed by atoms with Gasteiger partial charge in [-0.15, -0.1) is 0 Å². The Labute approximate surface area is 78.7 Å². The SMILES string of the molecule is CC(N)(C1CCCCC1)P(=O)(O)O. The highest BCUT2D eigenvalue weighted by Gasteiger charge is 2.45. The zero-order chi connectivity index (χ0) is 10.1. The molecule has 4 nitrogen and oxygen atoms in total. The van der Waals surface area contributed by atoms with Crippen molar-refractivity contribution in [1.82, 2.24) is 0 Å². The van der Waals surface area contributed by atoms with Crippen LogP contribution in [0.25, 0.3) is 0 Å². The van der Waals surface area contributed by atoms with Crippen LogP contribution in [0, 0.1) is 5.92 Å². The summed E-state index contributed by atoms with van der Waals surface area (Å²) >= 11 is 0. The lowest BCUT2D eigenvalue weighted by atomic mass is 9.84. The first-order valence-electron chi connectivity index (χ1n) is 4.70. The monoisotopic (exact) mass is 207 g/mol. The summed E-state index contributed by atoms with van der Waals surface area (Å²) in [5, 5.41) is -1.33. The Bertz CT molecular complexity index is 217. The lowest BCUT2D eigenvalue weighted by Gasteiger charge is -2.36. The number of nitrogens with two attached hydrogens (primary N) is 1. The summed E-state index contributed by atoms with van der Waals surface area (Å²) in [5.41, 5.74) is 5.71. The molecule has 78 valence electrons. The van der Waals surface area contributed by atoms with E-state index in [1.165, 1.54) is 6.92 Å². The minimum absolute atomic E-state index is 0.0258. The molecule has 13 heavy (non-hydrogen) atoms. The van der Waals surface area contributed by atoms with Crippen molar-refractivity contribution >= 4 is 7.60 Å². The summed E-state index contributed by atoms with van der Waals surface area (Å²) in [4.78, 5) is 18.2. The molecule has 1 unspecified atom stereocenters. The molecule has 0 heterocycles. The van der Waals surface area contributed by atoms with Gasteiger partial charge in [0.1, 0.15) is 5.28 Å². The third-order valence-corrected chi connectivity index (χ3v) is 4.68. The zero-order valence-electron chi connectivity index (χ0n) is 7.94. The summed E-state index contributed by atoms with van der Waals surface area (Å²) in [7, 11) is -4.16. The fraction of sp³-hybridized carbons (Fsp3) is 1.00. The zero-order valence-corrected chi connectivity index (χ0v) is 8.83. The molecule has 4 N–H and O–H groups in total. The molecular weight excluding hydrogens is 189 g/mol. The van der Waals surface area contributed by atoms with Crippen LogP contribution in [0.5, 0.6) is 0 Å². The Balaban J connectivity index is 2.73. The van der Waals surface area contributed by atoms with Crippen LogP contribution in [0.3, 0.4) is 0 Å². The second-order valence-electron chi connectivity index (χ2n) is 4.10. The Morgan fingerprint density at radius 3 is 2.15 bits per heavy atom. The van der Waals surface area contributed by atoms with E-state index in [0.717, 1.165) is 32.1 Å². The molecule has 0 spiro atoms. The molecule has 0 aromatic rings. The van der Waals surface area contributed by atoms with Gasteiger partial charge in [-0.25, -0.2) is 0 Å². The van der Waals surface area contributed by atoms with Crippen molar-refractivity contribution in [2.45, 2.75) is 44.3 Å². The molecule has 1 fully saturated rings. The van der Waals surface area contributed by atoms with E-state index >= 15 is 0 Å². The van der Waals surface area contributed by atoms with Crippen molar-refractivity contribution in [2.75, 3.05) is 0 Å². The van der Waals surface area contributed by atoms with Crippen LogP contribution in [0.4, 0.5) is 0 Å². The Morgan fingerprint density at radius 2 is 1.77 bits per heavy atom. The van der Waals surface area contributed by atoms with Crippen molar-refractivity contribution in [3.63, 3.8) is 0 Å². The van der Waals surface area contributed by atoms with E-state index in [0.29, 0.717) is 0 Å². The molecule has 0 saturated heterocycles. The average Bonchev–Trinajstić information content (AvgIpc) is 2.04. The fourth-order valence-corrected chi connectivity index (χ4v) is 2.66. The van der Waals surface area contributed by atoms with Crippen LogP contribution >= 0.6 is 7.60 Å². The molecule has 5 heteroatoms. The van der Waals surface area contributed by atoms with Gasteiger partial charge >= 0.3 is 7.60 Å². The van der Waals surface area contributed by atoms with Gasteiger partial charge in [0.15, 0.2) is 0 Å². The van der Waals surface area contributed by atoms with Crippen LogP contribution in [-0.2, 0) is 4.57 Å². The molecule has 0 aromatic carbocycles. The van der Waals surface area contributed by atoms with E-state index < -0.39 is 12.9 Å². The van der Waals surface area contributed by atoms with Crippen LogP contribution in [0.1, 0.15) is 39.0 Å². The van der Waals surface area contributed by atoms with Crippen molar-refractivity contribution in [1.29, 1.82) is 0 Å². The number of hydrogen-bond donors (Lipinski definition) is 3. The number of rotatable bonds is 2. The maximum atomic E-state index is 11.1. The van der Waals surface area contributed by atoms with Crippen LogP contribution in [0.15, 0.2) is 0 Å². The van der Waals surface area contributed by atoms with Crippen LogP contribution in [-0.4, -0.2) is 15.1 Å². The molecular formula is C8H18NO3P. The molecule has 0 radical (unpaired) electrons. The van der Waals surface area contributed by atoms with E-state index in [4.69, 9.17) is 15.5 Å². The van der Waals surface area contributed by atoms with Crippen molar-refractivity contribution < 1.29 is 14.4 Å². The third kappa shape index (κ3) is 2.32. The maximum Gasteiger partial charge on any atom is 0.345 e. The molecule has 0 aliphatic heterocycles. The molecule has 1 atom stereocenters. The van der Waals surface area contributed by atoms with Gasteiger partial charge in [0.2, 0.25) is 0 Å². The lowest BCUT2D eigenvalue weighted by molar-refractivity contribution is 0.236. The van der Waals surface area contributed by atoms with Crippen molar-refractivity contribution in [3.05, 3.63) is 0 Å². The van der Waals surface area contributed by atoms with Gasteiger partial charge in [0.25, 0.3) is 0 Å². The summed E-state index contributed by atoms with van der Waals surface area (Å²) in [5.74, 6) is -0.0258. The normalized spacial score (nSPS) is 25.5. The van der Waals surface area contributed by atoms with E-state index in [9.17, 15) is 4.57 Å². The maximum absolute atomic E-state index is 11.1. The van der Waals surface area contributed by atoms with Gasteiger partial charge in [-0.05, 0) is 25.7 Å². The second kappa shape index (κ2) is 3.70. The first kappa shape index (κ1) is 11.2. The van der Waals surface area contributed by atoms with Gasteiger partial charge in [-0.1, -0.05) is 19.3 Å². The average molecular weight is 207 g/mol. The van der Waals surface area contributed by atoms with Crippen LogP contribution in [0.2, 0.25) is 0 Å². The topological polar surface area (TPSA) is 83.6 Å². The Hall–Kier alpha value is 0.110. The van der Waals surface area contributed by atoms with Gasteiger partial charge < -0.3 is 15.5 Å². The van der Waals surface area contributed by atoms with Crippen LogP contribution < -0.4 is 5.73 Å². The largest absolute Gasteiger partial charge is 0.345 e. The molecule has 1 aliphatic carbocycles. The lowest BCUT2D eigenvalue weighted by Crippen LogP contribution is -2.44. The van der Waals surface area contributed by atoms with E-state index in [2.05, 4.69) is 0 Å². The first-order chi connectivity index (χ1) is 5.86. The molecule has 1 saturated carbocycles. The predicted octanol–water partition coefficient (Wildman–Crippen LogP) is 1.42. The highest BCUT2D eigenvalue weighted by Crippen LogP contribution is 2.53. The molecule has 1 aliphatic rings. The second-order valence-corrected chi connectivity index (χ2v) is 6.16. The summed E-state index contributed by atoms with van der Waals surface area (Å²) in [6, 6.07) is 0. The molecule has 1 rings (SSSR count). The smallest absolute Gasteiger partial charge is 0.323 e. The van der Waals surface area contributed by atoms with Gasteiger partial charge in [-0.2, -0.15) is 0 Å². The van der Waals surface area contributed by atoms with Crippen molar-refractivity contribution in [2.24, 2.45) is 11.7 Å². The predicted molar refractivity (Wildman–Crippen MR) is 51.2 cm³/mol. The summed E-state index contributed by atoms with van der Waals surface area (Å²) < 4.78 is 11.1. The van der Waals surface area contributed by atoms with Gasteiger partial charge in [-0.3, -0.25) is 4.57 Å². The number of hydrogen-bond acceptors (Lipinski definition) is 2. The quantitative estimate of drug-likeness (QED) is 0.598. The van der Waals surface area contributed by atoms with Gasteiger partial charge in [0.05, 0.1) is 0 Å². The summed E-state index contributed by atoms with van der Waals surface area (Å²) in [6.07, 6.45) is 4.93. The van der Waals surface area contributed by atoms with Crippen molar-refractivity contribution in [3.8, 4) is 0 Å². The molecule has 0 bridgehead atoms. The minimum Gasteiger partial charge on any atom is -0.323 e. The molecule has 0 aromatic heterocycles. The highest BCUT2D eigenvalue weighted by atomic mass is 31.2. The Morgan fingerprint density at radius 1 is 1.31 bits per heavy atom. The van der Waals surface area contributed by atoms with E-state index in [1.54, 1.807) is 0 Å². The Kier molecular flexibility index (Phi) is 3.18. The minimum atomic E-state index is -4.16. The van der Waals surface area contributed by atoms with Gasteiger partial charge in [0, 0.05) is 0 Å². The van der Waals surface area contributed by atoms with E-state index in [-0.39, 0.29) is 5.92 Å². The first-order valence-corrected chi connectivity index (χ1v) is 6.31. The fourth-order valence-electron chi connectivity index (χ4n) is 1.92. The standard InChI is InChI=1S/C8H18NO3P/c1-8(9,13(10,11)12)7-5-3-2-4-6-7/h7H,2-6,9H2,1H3,(H2,10,11,12). The third-order valence-electron chi connectivity index (χ3n) is 3.06. The molecule has 0 amide bonds.